The van der Waals surface area contributed by atoms with E-state index in [1.807, 2.05) is 19.9 Å². The van der Waals surface area contributed by atoms with E-state index in [9.17, 15) is 4.79 Å². The van der Waals surface area contributed by atoms with Crippen LogP contribution < -0.4 is 10.6 Å². The van der Waals surface area contributed by atoms with Gasteiger partial charge in [0.15, 0.2) is 0 Å². The van der Waals surface area contributed by atoms with Gasteiger partial charge in [0, 0.05) is 68.3 Å². The minimum absolute atomic E-state index is 0.161. The fourth-order valence-corrected chi connectivity index (χ4v) is 5.74. The first-order valence-electron chi connectivity index (χ1n) is 13.5. The van der Waals surface area contributed by atoms with Gasteiger partial charge < -0.3 is 15.5 Å². The summed E-state index contributed by atoms with van der Waals surface area (Å²) in [5.74, 6) is 0.749. The van der Waals surface area contributed by atoms with Gasteiger partial charge in [-0.25, -0.2) is 9.97 Å². The van der Waals surface area contributed by atoms with Gasteiger partial charge in [-0.3, -0.25) is 9.69 Å². The number of hydrogen-bond acceptors (Lipinski definition) is 6. The molecule has 2 aliphatic rings. The smallest absolute Gasteiger partial charge is 0.224 e. The van der Waals surface area contributed by atoms with E-state index in [2.05, 4.69) is 85.0 Å². The van der Waals surface area contributed by atoms with E-state index in [1.165, 1.54) is 17.5 Å². The van der Waals surface area contributed by atoms with E-state index in [-0.39, 0.29) is 5.91 Å². The van der Waals surface area contributed by atoms with Crippen molar-refractivity contribution in [1.29, 1.82) is 0 Å². The maximum absolute atomic E-state index is 13.6. The van der Waals surface area contributed by atoms with E-state index >= 15 is 0 Å². The van der Waals surface area contributed by atoms with Crippen molar-refractivity contribution in [2.45, 2.75) is 64.7 Å². The van der Waals surface area contributed by atoms with Crippen molar-refractivity contribution in [2.75, 3.05) is 30.3 Å². The summed E-state index contributed by atoms with van der Waals surface area (Å²) >= 11 is 0. The van der Waals surface area contributed by atoms with Gasteiger partial charge in [-0.2, -0.15) is 0 Å². The number of amides is 1. The van der Waals surface area contributed by atoms with E-state index < -0.39 is 0 Å². The highest BCUT2D eigenvalue weighted by molar-refractivity contribution is 5.77. The third-order valence-corrected chi connectivity index (χ3v) is 7.54. The van der Waals surface area contributed by atoms with Crippen LogP contribution in [0, 0.1) is 13.8 Å². The van der Waals surface area contributed by atoms with Crippen LogP contribution in [0.2, 0.25) is 0 Å². The number of para-hydroxylation sites is 1. The molecular weight excluding hydrogens is 460 g/mol. The normalized spacial score (nSPS) is 20.0. The summed E-state index contributed by atoms with van der Waals surface area (Å²) in [4.78, 5) is 27.3. The highest BCUT2D eigenvalue weighted by Crippen LogP contribution is 2.31. The van der Waals surface area contributed by atoms with E-state index in [0.717, 1.165) is 49.6 Å². The van der Waals surface area contributed by atoms with Crippen molar-refractivity contribution in [3.05, 3.63) is 83.2 Å². The zero-order chi connectivity index (χ0) is 25.6. The maximum atomic E-state index is 13.6. The molecule has 2 N–H and O–H groups in total. The monoisotopic (exact) mass is 498 g/mol. The van der Waals surface area contributed by atoms with E-state index in [1.54, 1.807) is 0 Å². The Morgan fingerprint density at radius 3 is 2.51 bits per heavy atom. The van der Waals surface area contributed by atoms with Crippen LogP contribution in [0.15, 0.2) is 60.7 Å². The van der Waals surface area contributed by atoms with Crippen molar-refractivity contribution in [3.63, 3.8) is 0 Å². The predicted molar refractivity (Wildman–Crippen MR) is 148 cm³/mol. The number of fused-ring (bicyclic) bond motifs is 3. The van der Waals surface area contributed by atoms with Crippen molar-refractivity contribution in [3.8, 4) is 0 Å². The fourth-order valence-electron chi connectivity index (χ4n) is 5.74. The molecule has 194 valence electrons. The third-order valence-electron chi connectivity index (χ3n) is 7.54. The van der Waals surface area contributed by atoms with Gasteiger partial charge in [0.2, 0.25) is 11.9 Å². The van der Waals surface area contributed by atoms with Crippen molar-refractivity contribution in [1.82, 2.24) is 19.8 Å². The average Bonchev–Trinajstić information content (AvgIpc) is 3.23. The molecule has 7 heteroatoms. The van der Waals surface area contributed by atoms with Crippen molar-refractivity contribution < 1.29 is 4.79 Å². The van der Waals surface area contributed by atoms with Crippen molar-refractivity contribution in [2.24, 2.45) is 0 Å². The number of carbonyl (C=O) groups excluding carboxylic acids is 1. The second kappa shape index (κ2) is 11.7. The molecule has 2 bridgehead atoms. The number of rotatable bonds is 6. The first-order chi connectivity index (χ1) is 18.0. The summed E-state index contributed by atoms with van der Waals surface area (Å²) in [6, 6.07) is 22.0. The molecule has 5 rings (SSSR count). The zero-order valence-electron chi connectivity index (χ0n) is 22.0. The molecule has 1 aromatic heterocycles. The lowest BCUT2D eigenvalue weighted by Gasteiger charge is -2.34. The number of aromatic nitrogens is 2. The van der Waals surface area contributed by atoms with Gasteiger partial charge in [-0.1, -0.05) is 48.5 Å². The predicted octanol–water partition coefficient (Wildman–Crippen LogP) is 4.77. The second-order valence-corrected chi connectivity index (χ2v) is 10.3. The molecule has 3 aromatic rings. The summed E-state index contributed by atoms with van der Waals surface area (Å²) in [5.41, 5.74) is 5.49. The number of hydrogen-bond donors (Lipinski definition) is 2. The van der Waals surface area contributed by atoms with Crippen LogP contribution in [0.4, 0.5) is 11.6 Å². The lowest BCUT2D eigenvalue weighted by molar-refractivity contribution is -0.132. The van der Waals surface area contributed by atoms with Crippen LogP contribution in [0.1, 0.15) is 48.2 Å². The molecule has 1 amide bonds. The Morgan fingerprint density at radius 1 is 0.973 bits per heavy atom. The first-order valence-corrected chi connectivity index (χ1v) is 13.5. The highest BCUT2D eigenvalue weighted by Gasteiger charge is 2.35. The second-order valence-electron chi connectivity index (χ2n) is 10.3. The summed E-state index contributed by atoms with van der Waals surface area (Å²) in [7, 11) is 0. The summed E-state index contributed by atoms with van der Waals surface area (Å²) in [5, 5.41) is 6.93. The number of benzene rings is 2. The molecule has 1 fully saturated rings. The molecule has 0 unspecified atom stereocenters. The molecule has 2 atom stereocenters. The Labute approximate surface area is 220 Å². The third kappa shape index (κ3) is 6.46. The Bertz CT molecular complexity index is 1180. The van der Waals surface area contributed by atoms with Gasteiger partial charge in [0.25, 0.3) is 0 Å². The molecular formula is C30H38N6O. The van der Waals surface area contributed by atoms with Gasteiger partial charge in [-0.15, -0.1) is 0 Å². The summed E-state index contributed by atoms with van der Waals surface area (Å²) < 4.78 is 0. The lowest BCUT2D eigenvalue weighted by Crippen LogP contribution is -2.45. The molecule has 2 aromatic carbocycles. The van der Waals surface area contributed by atoms with Crippen LogP contribution in [-0.4, -0.2) is 57.4 Å². The number of nitrogens with one attached hydrogen (secondary N) is 2. The molecule has 0 radical (unpaired) electrons. The molecule has 0 saturated carbocycles. The summed E-state index contributed by atoms with van der Waals surface area (Å²) in [6.07, 6.45) is 3.80. The summed E-state index contributed by atoms with van der Waals surface area (Å²) in [6.45, 7) is 7.66. The van der Waals surface area contributed by atoms with Crippen LogP contribution in [0.3, 0.4) is 0 Å². The Balaban J connectivity index is 1.33. The topological polar surface area (TPSA) is 73.4 Å². The van der Waals surface area contributed by atoms with Crippen molar-refractivity contribution >= 4 is 17.5 Å². The molecule has 1 saturated heterocycles. The first kappa shape index (κ1) is 25.2. The number of nitrogens with zero attached hydrogens (tertiary/aromatic N) is 4. The van der Waals surface area contributed by atoms with Crippen LogP contribution in [0.25, 0.3) is 0 Å². The minimum atomic E-state index is 0.161. The average molecular weight is 499 g/mol. The largest absolute Gasteiger partial charge is 0.385 e. The van der Waals surface area contributed by atoms with Gasteiger partial charge in [0.05, 0.1) is 0 Å². The molecule has 0 aliphatic carbocycles. The van der Waals surface area contributed by atoms with Gasteiger partial charge in [0.1, 0.15) is 0 Å². The lowest BCUT2D eigenvalue weighted by atomic mass is 10.1. The maximum Gasteiger partial charge on any atom is 0.224 e. The van der Waals surface area contributed by atoms with Crippen LogP contribution in [0.5, 0.6) is 0 Å². The Kier molecular flexibility index (Phi) is 7.99. The molecule has 2 aliphatic heterocycles. The fraction of sp³-hybridized carbons (Fsp3) is 0.433. The van der Waals surface area contributed by atoms with E-state index in [4.69, 9.17) is 0 Å². The number of carbonyl (C=O) groups is 1. The van der Waals surface area contributed by atoms with E-state index in [0.29, 0.717) is 37.5 Å². The number of aryl methyl sites for hydroxylation is 2. The highest BCUT2D eigenvalue weighted by atomic mass is 16.2. The molecule has 0 spiro atoms. The zero-order valence-corrected chi connectivity index (χ0v) is 22.0. The van der Waals surface area contributed by atoms with Gasteiger partial charge in [-0.05, 0) is 56.4 Å². The quantitative estimate of drug-likeness (QED) is 0.510. The standard InChI is InChI=1S/C30H38N6O/c1-22-18-23(2)34-30(33-22)32-17-15-29(37)35-20-25-10-6-7-11-28(25)31-16-14-26-12-13-27(21-35)36(26)19-24-8-4-3-5-9-24/h3-11,18,26-27,31H,12-17,19-21H2,1-2H3,(H,32,33,34)/t26-,27+/m0/s1. The van der Waals surface area contributed by atoms with Gasteiger partial charge >= 0.3 is 0 Å². The van der Waals surface area contributed by atoms with Crippen LogP contribution >= 0.6 is 0 Å². The molecule has 3 heterocycles. The Morgan fingerprint density at radius 2 is 1.70 bits per heavy atom. The Hall–Kier alpha value is -3.45. The molecule has 7 nitrogen and oxygen atoms in total. The minimum Gasteiger partial charge on any atom is -0.385 e. The van der Waals surface area contributed by atoms with Crippen LogP contribution in [-0.2, 0) is 17.9 Å². The number of anilines is 2. The SMILES string of the molecule is Cc1cc(C)nc(NCCC(=O)N2Cc3ccccc3NCC[C@@H]3CC[C@H](C2)N3Cc2ccccc2)n1. The molecule has 37 heavy (non-hydrogen) atoms.